The molecule has 6 atom stereocenters. The summed E-state index contributed by atoms with van der Waals surface area (Å²) in [7, 11) is -4.16. The van der Waals surface area contributed by atoms with Gasteiger partial charge in [-0.05, 0) is 161 Å². The van der Waals surface area contributed by atoms with Crippen molar-refractivity contribution in [2.45, 2.75) is 256 Å². The molecular formula is C97H124N7O21S+. The highest BCUT2D eigenvalue weighted by atomic mass is 32.2. The van der Waals surface area contributed by atoms with Crippen LogP contribution in [-0.4, -0.2) is 169 Å². The van der Waals surface area contributed by atoms with Crippen LogP contribution in [-0.2, 0) is 93.0 Å². The Morgan fingerprint density at radius 3 is 1.72 bits per heavy atom. The molecule has 5 amide bonds. The van der Waals surface area contributed by atoms with Crippen molar-refractivity contribution in [1.29, 1.82) is 0 Å². The molecule has 678 valence electrons. The smallest absolute Gasteiger partial charge is 0.326 e. The van der Waals surface area contributed by atoms with Gasteiger partial charge in [0, 0.05) is 124 Å². The van der Waals surface area contributed by atoms with E-state index in [1.54, 1.807) is 84.9 Å². The summed E-state index contributed by atoms with van der Waals surface area (Å²) in [6.07, 6.45) is 14.6. The van der Waals surface area contributed by atoms with E-state index < -0.39 is 155 Å². The standard InChI is InChI=1S/C97H123N7O21S/c1-6-7-24-57-103-80-38-22-20-36-74(80)96(2,3)84(103)52-44-68-33-27-34-69(45-53-85-97(4,5)75-37-21-23-39-81(75)104(85)58-25-26-59-126(122,123)124)90(68)125-73-48-42-67(43-49-73)62-79(94(119)120)101-91(115)70(46-54-88(111)112)63-82(106)76(51-55-89(113)114)100-92(116)71(60-65-29-14-12-15-30-65)64-83(107)78(61-66-31-16-13-17-32-66)99-86(108)40-19-11-9-8-10-18-35-72(105)47-50-77(93(117)118)102-95(121)98-56-28-41-87(109)110/h12-17,20-23,29-32,36-39,42-45,48-49,52-53,70-71,76-79H,6-11,18-19,24-28,33-35,40-41,46-47,50-51,54-64H2,1-5H3,(H10-,98,99,100,101,102,108,109,110,111,112,113,114,115,116,117,118,119,120,121,122,123,124)/p+1/t70-,71-,76+,77+,78+,79+/m1/s1. The predicted octanol–water partition coefficient (Wildman–Crippen LogP) is 14.1. The zero-order valence-electron chi connectivity index (χ0n) is 72.9. The van der Waals surface area contributed by atoms with Gasteiger partial charge in [-0.3, -0.25) is 47.7 Å². The van der Waals surface area contributed by atoms with Gasteiger partial charge in [0.1, 0.15) is 35.9 Å². The van der Waals surface area contributed by atoms with Crippen molar-refractivity contribution in [2.75, 3.05) is 30.3 Å². The van der Waals surface area contributed by atoms with Crippen LogP contribution in [0.5, 0.6) is 5.75 Å². The van der Waals surface area contributed by atoms with Gasteiger partial charge in [-0.15, -0.1) is 0 Å². The van der Waals surface area contributed by atoms with E-state index in [1.807, 2.05) is 18.2 Å². The number of ketones is 3. The lowest BCUT2D eigenvalue weighted by molar-refractivity contribution is -0.438. The van der Waals surface area contributed by atoms with Crippen LogP contribution in [0.25, 0.3) is 0 Å². The van der Waals surface area contributed by atoms with E-state index >= 15 is 0 Å². The summed E-state index contributed by atoms with van der Waals surface area (Å²) in [6.45, 7) is 12.3. The number of para-hydroxylation sites is 2. The number of hydrogen-bond acceptors (Lipinski definition) is 16. The first kappa shape index (κ1) is 99.7. The Morgan fingerprint density at radius 2 is 1.07 bits per heavy atom. The second-order valence-corrected chi connectivity index (χ2v) is 35.5. The molecule has 0 fully saturated rings. The van der Waals surface area contributed by atoms with Crippen LogP contribution < -0.4 is 36.2 Å². The van der Waals surface area contributed by atoms with Crippen LogP contribution in [0, 0.1) is 11.8 Å². The quantitative estimate of drug-likeness (QED) is 0.00978. The van der Waals surface area contributed by atoms with Crippen molar-refractivity contribution in [2.24, 2.45) is 11.8 Å². The number of unbranched alkanes of at least 4 members (excludes halogenated alkanes) is 8. The minimum atomic E-state index is -4.16. The van der Waals surface area contributed by atoms with Gasteiger partial charge in [0.15, 0.2) is 17.3 Å². The summed E-state index contributed by atoms with van der Waals surface area (Å²) in [5.41, 5.74) is 9.43. The van der Waals surface area contributed by atoms with E-state index in [9.17, 15) is 90.9 Å². The second-order valence-electron chi connectivity index (χ2n) is 34.0. The van der Waals surface area contributed by atoms with Gasteiger partial charge >= 0.3 is 35.9 Å². The summed E-state index contributed by atoms with van der Waals surface area (Å²) >= 11 is 0. The van der Waals surface area contributed by atoms with E-state index in [4.69, 9.17) is 9.84 Å². The Labute approximate surface area is 738 Å². The molecule has 0 saturated carbocycles. The molecular weight excluding hydrogens is 1630 g/mol. The van der Waals surface area contributed by atoms with Gasteiger partial charge in [0.2, 0.25) is 23.4 Å². The lowest BCUT2D eigenvalue weighted by Gasteiger charge is -2.27. The third kappa shape index (κ3) is 31.4. The molecule has 0 bridgehead atoms. The first-order valence-electron chi connectivity index (χ1n) is 44.0. The van der Waals surface area contributed by atoms with Crippen molar-refractivity contribution in [1.82, 2.24) is 26.6 Å². The Morgan fingerprint density at radius 1 is 0.508 bits per heavy atom. The number of rotatable bonds is 56. The number of carboxylic acids is 5. The average Bonchev–Trinajstić information content (AvgIpc) is 1.60. The highest BCUT2D eigenvalue weighted by Crippen LogP contribution is 2.48. The van der Waals surface area contributed by atoms with Crippen molar-refractivity contribution >= 4 is 98.2 Å². The number of urea groups is 1. The molecule has 0 radical (unpaired) electrons. The molecule has 1 aliphatic carbocycles. The number of carbonyl (C=O) groups excluding carboxylic acids is 7. The van der Waals surface area contributed by atoms with Gasteiger partial charge in [-0.1, -0.05) is 175 Å². The molecule has 11 N–H and O–H groups in total. The van der Waals surface area contributed by atoms with Crippen LogP contribution in [0.2, 0.25) is 0 Å². The summed E-state index contributed by atoms with van der Waals surface area (Å²) in [6, 6.07) is 34.4. The molecule has 126 heavy (non-hydrogen) atoms. The maximum Gasteiger partial charge on any atom is 0.326 e. The molecule has 0 spiro atoms. The van der Waals surface area contributed by atoms with Gasteiger partial charge in [-0.25, -0.2) is 14.4 Å². The monoisotopic (exact) mass is 1750 g/mol. The molecule has 5 aromatic carbocycles. The van der Waals surface area contributed by atoms with Crippen molar-refractivity contribution in [3.8, 4) is 5.75 Å². The number of benzene rings is 5. The molecule has 0 aromatic heterocycles. The minimum Gasteiger partial charge on any atom is -0.481 e. The Bertz CT molecular complexity index is 4920. The normalized spacial score (nSPS) is 16.1. The maximum atomic E-state index is 14.9. The van der Waals surface area contributed by atoms with E-state index in [2.05, 4.69) is 125 Å². The molecule has 0 unspecified atom stereocenters. The lowest BCUT2D eigenvalue weighted by atomic mass is 9.81. The van der Waals surface area contributed by atoms with Crippen LogP contribution >= 0.6 is 0 Å². The average molecular weight is 1760 g/mol. The first-order chi connectivity index (χ1) is 60.1. The lowest BCUT2D eigenvalue weighted by Crippen LogP contribution is -2.49. The Balaban J connectivity index is 0.955. The van der Waals surface area contributed by atoms with Gasteiger partial charge in [0.05, 0.1) is 23.3 Å². The van der Waals surface area contributed by atoms with Crippen LogP contribution in [0.15, 0.2) is 180 Å². The number of amides is 5. The fraction of sp³-hybridized carbons (Fsp3) is 0.474. The molecule has 29 heteroatoms. The number of nitrogens with zero attached hydrogens (tertiary/aromatic N) is 2. The highest BCUT2D eigenvalue weighted by molar-refractivity contribution is 7.85. The zero-order valence-corrected chi connectivity index (χ0v) is 73.7. The number of ether oxygens (including phenoxy) is 1. The number of carbonyl (C=O) groups is 12. The number of fused-ring (bicyclic) bond motifs is 2. The number of Topliss-reactive ketones (excluding diaryl/α,β-unsaturated/α-hetero) is 3. The van der Waals surface area contributed by atoms with E-state index in [1.165, 1.54) is 11.3 Å². The molecule has 2 heterocycles. The van der Waals surface area contributed by atoms with E-state index in [-0.39, 0.29) is 87.7 Å². The van der Waals surface area contributed by atoms with Crippen LogP contribution in [0.3, 0.4) is 0 Å². The maximum absolute atomic E-state index is 14.9. The second kappa shape index (κ2) is 49.3. The van der Waals surface area contributed by atoms with Crippen LogP contribution in [0.4, 0.5) is 16.2 Å². The fourth-order valence-corrected chi connectivity index (χ4v) is 17.1. The largest absolute Gasteiger partial charge is 0.481 e. The first-order valence-corrected chi connectivity index (χ1v) is 45.6. The summed E-state index contributed by atoms with van der Waals surface area (Å²) in [5.74, 6) is -12.3. The van der Waals surface area contributed by atoms with Gasteiger partial charge < -0.3 is 61.8 Å². The van der Waals surface area contributed by atoms with E-state index in [0.29, 0.717) is 86.1 Å². The summed E-state index contributed by atoms with van der Waals surface area (Å²) < 4.78 is 42.4. The van der Waals surface area contributed by atoms with Crippen molar-refractivity contribution in [3.63, 3.8) is 0 Å². The number of carboxylic acid groups (broad SMARTS) is 5. The Kier molecular flexibility index (Phi) is 39.0. The minimum absolute atomic E-state index is 0.0276. The number of hydrogen-bond donors (Lipinski definition) is 11. The number of aliphatic carboxylic acids is 5. The molecule has 8 rings (SSSR count). The Hall–Kier alpha value is -11.7. The van der Waals surface area contributed by atoms with Crippen LogP contribution in [0.1, 0.15) is 229 Å². The molecule has 0 saturated heterocycles. The van der Waals surface area contributed by atoms with Gasteiger partial charge in [-0.2, -0.15) is 13.0 Å². The van der Waals surface area contributed by atoms with E-state index in [0.717, 1.165) is 72.5 Å². The third-order valence-corrected chi connectivity index (χ3v) is 24.3. The summed E-state index contributed by atoms with van der Waals surface area (Å²) in [4.78, 5) is 160. The fourth-order valence-electron chi connectivity index (χ4n) is 16.5. The number of anilines is 1. The molecule has 2 aliphatic heterocycles. The predicted molar refractivity (Wildman–Crippen MR) is 478 cm³/mol. The zero-order chi connectivity index (χ0) is 91.5. The van der Waals surface area contributed by atoms with Crippen molar-refractivity contribution in [3.05, 3.63) is 208 Å². The molecule has 28 nitrogen and oxygen atoms in total. The number of allylic oxidation sites excluding steroid dienone is 7. The number of nitrogens with one attached hydrogen (secondary N) is 5. The SMILES string of the molecule is CCCCCN1/C(=C/C=C2\CCCC(/C=C/C3=[N+](CCCCS(=O)(=O)O)c4ccccc4C3(C)C)=C2Oc2ccc(C[C@H](NC(=O)[C@H](CCC(=O)O)CC(=O)[C@H](CCC(=O)O)NC(=O)[C@@H](CC(=O)[C@H](Cc3ccccc3)NC(=O)CCCCCCCCC(=O)CC[C@H](NC(=O)NCCCC(=O)O)C(=O)O)Cc3ccccc3)C(=O)O)cc2)C(C)(C)c2ccccc21. The topological polar surface area (TPSA) is 436 Å². The summed E-state index contributed by atoms with van der Waals surface area (Å²) in [5, 5.41) is 61.8. The van der Waals surface area contributed by atoms with Crippen molar-refractivity contribution < 1.29 is 105 Å². The highest BCUT2D eigenvalue weighted by Gasteiger charge is 2.45. The third-order valence-electron chi connectivity index (χ3n) is 23.5. The molecule has 5 aromatic rings. The molecule has 3 aliphatic rings. The van der Waals surface area contributed by atoms with Gasteiger partial charge in [0.25, 0.3) is 10.1 Å².